The van der Waals surface area contributed by atoms with Gasteiger partial charge in [-0.2, -0.15) is 0 Å². The number of nitrogens with zero attached hydrogens (tertiary/aromatic N) is 2. The molecule has 0 radical (unpaired) electrons. The normalized spacial score (nSPS) is 11.5. The van der Waals surface area contributed by atoms with E-state index in [-0.39, 0.29) is 0 Å². The van der Waals surface area contributed by atoms with Crippen molar-refractivity contribution in [3.05, 3.63) is 17.6 Å². The number of aliphatic carboxylic acids is 1. The van der Waals surface area contributed by atoms with E-state index in [0.717, 1.165) is 17.1 Å². The van der Waals surface area contributed by atoms with E-state index in [9.17, 15) is 4.79 Å². The summed E-state index contributed by atoms with van der Waals surface area (Å²) in [6.07, 6.45) is 0.824. The lowest BCUT2D eigenvalue weighted by molar-refractivity contribution is -0.138. The first kappa shape index (κ1) is 13.0. The molecule has 0 bridgehead atoms. The van der Waals surface area contributed by atoms with Gasteiger partial charge >= 0.3 is 5.97 Å². The van der Waals surface area contributed by atoms with Gasteiger partial charge in [0.15, 0.2) is 0 Å². The van der Waals surface area contributed by atoms with Gasteiger partial charge in [0, 0.05) is 5.69 Å². The van der Waals surface area contributed by atoms with Crippen LogP contribution in [0.15, 0.2) is 11.1 Å². The summed E-state index contributed by atoms with van der Waals surface area (Å²) in [6, 6.07) is 1.85. The van der Waals surface area contributed by atoms with Gasteiger partial charge in [-0.25, -0.2) is 9.97 Å². The van der Waals surface area contributed by atoms with Crippen LogP contribution in [0.3, 0.4) is 0 Å². The maximum atomic E-state index is 11.0. The van der Waals surface area contributed by atoms with Gasteiger partial charge in [0.2, 0.25) is 0 Å². The number of hydrogen-bond acceptors (Lipinski definition) is 4. The first-order chi connectivity index (χ1) is 7.35. The van der Waals surface area contributed by atoms with Crippen LogP contribution in [0.25, 0.3) is 0 Å². The van der Waals surface area contributed by atoms with Crippen molar-refractivity contribution in [1.82, 2.24) is 9.97 Å². The molecule has 0 saturated carbocycles. The summed E-state index contributed by atoms with van der Waals surface area (Å²) >= 11 is 1.25. The molecule has 0 aromatic carbocycles. The highest BCUT2D eigenvalue weighted by Crippen LogP contribution is 2.31. The van der Waals surface area contributed by atoms with Gasteiger partial charge < -0.3 is 5.11 Å². The molecule has 1 N–H and O–H groups in total. The topological polar surface area (TPSA) is 63.1 Å². The summed E-state index contributed by atoms with van der Waals surface area (Å²) in [5.74, 6) is -0.158. The summed E-state index contributed by atoms with van der Waals surface area (Å²) in [5, 5.41) is 9.75. The molecule has 0 aliphatic rings. The Morgan fingerprint density at radius 2 is 2.12 bits per heavy atom. The molecular weight excluding hydrogens is 224 g/mol. The van der Waals surface area contributed by atoms with Crippen molar-refractivity contribution < 1.29 is 9.90 Å². The fourth-order valence-electron chi connectivity index (χ4n) is 1.14. The predicted octanol–water partition coefficient (Wildman–Crippen LogP) is 2.30. The zero-order chi connectivity index (χ0) is 12.3. The van der Waals surface area contributed by atoms with E-state index in [1.54, 1.807) is 13.8 Å². The average molecular weight is 240 g/mol. The van der Waals surface area contributed by atoms with E-state index in [1.165, 1.54) is 11.8 Å². The van der Waals surface area contributed by atoms with Crippen molar-refractivity contribution in [3.8, 4) is 0 Å². The molecule has 0 aliphatic heterocycles. The maximum Gasteiger partial charge on any atom is 0.319 e. The Bertz CT molecular complexity index is 405. The van der Waals surface area contributed by atoms with Crippen LogP contribution in [0, 0.1) is 6.92 Å². The average Bonchev–Trinajstić information content (AvgIpc) is 2.15. The monoisotopic (exact) mass is 240 g/mol. The zero-order valence-corrected chi connectivity index (χ0v) is 10.8. The number of aromatic nitrogens is 2. The number of thioether (sulfide) groups is 1. The van der Waals surface area contributed by atoms with Crippen LogP contribution >= 0.6 is 11.8 Å². The molecule has 1 aromatic heterocycles. The van der Waals surface area contributed by atoms with Crippen LogP contribution in [0.4, 0.5) is 0 Å². The minimum Gasteiger partial charge on any atom is -0.480 e. The van der Waals surface area contributed by atoms with Crippen LogP contribution < -0.4 is 0 Å². The first-order valence-corrected chi connectivity index (χ1v) is 5.93. The molecule has 4 nitrogen and oxygen atoms in total. The molecule has 0 amide bonds. The fourth-order valence-corrected chi connectivity index (χ4v) is 2.12. The minimum atomic E-state index is -0.869. The van der Waals surface area contributed by atoms with Crippen molar-refractivity contribution in [3.63, 3.8) is 0 Å². The molecule has 0 spiro atoms. The third kappa shape index (κ3) is 3.20. The van der Waals surface area contributed by atoms with Gasteiger partial charge in [-0.1, -0.05) is 18.7 Å². The summed E-state index contributed by atoms with van der Waals surface area (Å²) in [6.45, 7) is 7.17. The van der Waals surface area contributed by atoms with E-state index in [2.05, 4.69) is 9.97 Å². The summed E-state index contributed by atoms with van der Waals surface area (Å²) < 4.78 is -0.869. The lowest BCUT2D eigenvalue weighted by atomic mass is 10.2. The Morgan fingerprint density at radius 1 is 1.50 bits per heavy atom. The first-order valence-electron chi connectivity index (χ1n) is 5.12. The van der Waals surface area contributed by atoms with Crippen molar-refractivity contribution in [2.45, 2.75) is 43.9 Å². The van der Waals surface area contributed by atoms with Crippen LogP contribution in [-0.2, 0) is 11.2 Å². The van der Waals surface area contributed by atoms with Crippen LogP contribution in [0.2, 0.25) is 0 Å². The summed E-state index contributed by atoms with van der Waals surface area (Å²) in [5.41, 5.74) is 0.941. The Morgan fingerprint density at radius 3 is 2.62 bits per heavy atom. The van der Waals surface area contributed by atoms with Gasteiger partial charge in [0.1, 0.15) is 15.6 Å². The molecule has 0 aliphatic carbocycles. The summed E-state index contributed by atoms with van der Waals surface area (Å²) in [4.78, 5) is 19.5. The highest BCUT2D eigenvalue weighted by molar-refractivity contribution is 8.01. The zero-order valence-electron chi connectivity index (χ0n) is 9.94. The summed E-state index contributed by atoms with van der Waals surface area (Å²) in [7, 11) is 0. The molecule has 0 saturated heterocycles. The largest absolute Gasteiger partial charge is 0.480 e. The molecule has 16 heavy (non-hydrogen) atoms. The Labute approximate surface area is 99.5 Å². The molecule has 5 heteroatoms. The second kappa shape index (κ2) is 4.82. The Balaban J connectivity index is 2.97. The molecule has 1 heterocycles. The third-order valence-electron chi connectivity index (χ3n) is 2.10. The molecule has 88 valence electrons. The smallest absolute Gasteiger partial charge is 0.319 e. The highest BCUT2D eigenvalue weighted by atomic mass is 32.2. The quantitative estimate of drug-likeness (QED) is 0.646. The standard InChI is InChI=1S/C11H16N2O2S/c1-5-8-6-9(13-7(2)12-8)16-11(3,4)10(14)15/h6H,5H2,1-4H3,(H,14,15). The van der Waals surface area contributed by atoms with Crippen molar-refractivity contribution in [2.75, 3.05) is 0 Å². The minimum absolute atomic E-state index is 0.683. The molecule has 0 atom stereocenters. The number of hydrogen-bond donors (Lipinski definition) is 1. The Hall–Kier alpha value is -1.10. The van der Waals surface area contributed by atoms with Gasteiger partial charge in [0.05, 0.1) is 0 Å². The SMILES string of the molecule is CCc1cc(SC(C)(C)C(=O)O)nc(C)n1. The van der Waals surface area contributed by atoms with Gasteiger partial charge in [-0.15, -0.1) is 0 Å². The van der Waals surface area contributed by atoms with Gasteiger partial charge in [-0.3, -0.25) is 4.79 Å². The van der Waals surface area contributed by atoms with Crippen molar-refractivity contribution in [2.24, 2.45) is 0 Å². The molecular formula is C11H16N2O2S. The van der Waals surface area contributed by atoms with E-state index < -0.39 is 10.7 Å². The molecule has 1 aromatic rings. The highest BCUT2D eigenvalue weighted by Gasteiger charge is 2.29. The number of carboxylic acids is 1. The van der Waals surface area contributed by atoms with Crippen LogP contribution in [0.5, 0.6) is 0 Å². The van der Waals surface area contributed by atoms with Crippen LogP contribution in [-0.4, -0.2) is 25.8 Å². The second-order valence-electron chi connectivity index (χ2n) is 4.02. The molecule has 0 unspecified atom stereocenters. The fraction of sp³-hybridized carbons (Fsp3) is 0.545. The lowest BCUT2D eigenvalue weighted by Crippen LogP contribution is -2.27. The predicted molar refractivity (Wildman–Crippen MR) is 63.7 cm³/mol. The molecule has 0 fully saturated rings. The number of aryl methyl sites for hydroxylation is 2. The van der Waals surface area contributed by atoms with E-state index in [0.29, 0.717) is 5.82 Å². The Kier molecular flexibility index (Phi) is 3.91. The van der Waals surface area contributed by atoms with Gasteiger partial charge in [-0.05, 0) is 33.3 Å². The second-order valence-corrected chi connectivity index (χ2v) is 5.66. The van der Waals surface area contributed by atoms with Crippen molar-refractivity contribution in [1.29, 1.82) is 0 Å². The number of carbonyl (C=O) groups is 1. The number of rotatable bonds is 4. The van der Waals surface area contributed by atoms with E-state index in [1.807, 2.05) is 19.9 Å². The third-order valence-corrected chi connectivity index (χ3v) is 3.21. The lowest BCUT2D eigenvalue weighted by Gasteiger charge is -2.17. The van der Waals surface area contributed by atoms with Crippen LogP contribution in [0.1, 0.15) is 32.3 Å². The maximum absolute atomic E-state index is 11.0. The van der Waals surface area contributed by atoms with E-state index in [4.69, 9.17) is 5.11 Å². The van der Waals surface area contributed by atoms with E-state index >= 15 is 0 Å². The number of carboxylic acid groups (broad SMARTS) is 1. The van der Waals surface area contributed by atoms with Gasteiger partial charge in [0.25, 0.3) is 0 Å². The molecule has 1 rings (SSSR count). The van der Waals surface area contributed by atoms with Crippen molar-refractivity contribution >= 4 is 17.7 Å².